The lowest BCUT2D eigenvalue weighted by Gasteiger charge is -2.22. The van der Waals surface area contributed by atoms with Gasteiger partial charge in [0.15, 0.2) is 5.96 Å². The largest absolute Gasteiger partial charge is 0.381 e. The highest BCUT2D eigenvalue weighted by molar-refractivity contribution is 7.10. The lowest BCUT2D eigenvalue weighted by molar-refractivity contribution is -0.0320. The van der Waals surface area contributed by atoms with Gasteiger partial charge in [-0.1, -0.05) is 13.0 Å². The van der Waals surface area contributed by atoms with Gasteiger partial charge in [-0.15, -0.1) is 11.3 Å². The van der Waals surface area contributed by atoms with Crippen LogP contribution in [0.15, 0.2) is 22.5 Å². The van der Waals surface area contributed by atoms with Crippen molar-refractivity contribution in [2.45, 2.75) is 38.2 Å². The average molecular weight is 340 g/mol. The minimum absolute atomic E-state index is 0.382. The number of guanidine groups is 1. The van der Waals surface area contributed by atoms with Crippen LogP contribution in [0.3, 0.4) is 0 Å². The van der Waals surface area contributed by atoms with E-state index in [-0.39, 0.29) is 0 Å². The van der Waals surface area contributed by atoms with Crippen LogP contribution < -0.4 is 10.6 Å². The molecule has 1 aromatic heterocycles. The molecular weight excluding hydrogens is 310 g/mol. The van der Waals surface area contributed by atoms with Crippen LogP contribution in [0.5, 0.6) is 0 Å². The van der Waals surface area contributed by atoms with Crippen molar-refractivity contribution in [3.63, 3.8) is 0 Å². The van der Waals surface area contributed by atoms with Gasteiger partial charge in [0.2, 0.25) is 0 Å². The molecule has 1 saturated heterocycles. The van der Waals surface area contributed by atoms with Crippen molar-refractivity contribution in [1.82, 2.24) is 10.6 Å². The summed E-state index contributed by atoms with van der Waals surface area (Å²) in [7, 11) is 1.81. The summed E-state index contributed by atoms with van der Waals surface area (Å²) in [6.07, 6.45) is 3.42. The highest BCUT2D eigenvalue weighted by Crippen LogP contribution is 2.19. The summed E-state index contributed by atoms with van der Waals surface area (Å²) in [5.41, 5.74) is 0. The van der Waals surface area contributed by atoms with Crippen LogP contribution in [0.25, 0.3) is 0 Å². The third-order valence-corrected chi connectivity index (χ3v) is 5.07. The van der Waals surface area contributed by atoms with Gasteiger partial charge in [-0.05, 0) is 30.7 Å². The molecule has 2 rings (SSSR count). The monoisotopic (exact) mass is 339 g/mol. The molecule has 2 N–H and O–H groups in total. The zero-order chi connectivity index (χ0) is 16.3. The van der Waals surface area contributed by atoms with E-state index in [1.165, 1.54) is 4.88 Å². The van der Waals surface area contributed by atoms with Crippen molar-refractivity contribution in [3.05, 3.63) is 22.4 Å². The summed E-state index contributed by atoms with van der Waals surface area (Å²) in [5, 5.41) is 8.85. The Morgan fingerprint density at radius 3 is 2.96 bits per heavy atom. The number of rotatable bonds is 8. The Morgan fingerprint density at radius 1 is 1.43 bits per heavy atom. The van der Waals surface area contributed by atoms with E-state index in [0.717, 1.165) is 58.1 Å². The molecule has 0 radical (unpaired) electrons. The first-order valence-corrected chi connectivity index (χ1v) is 9.35. The number of nitrogens with one attached hydrogen (secondary N) is 2. The Morgan fingerprint density at radius 2 is 2.26 bits per heavy atom. The van der Waals surface area contributed by atoms with Crippen molar-refractivity contribution in [1.29, 1.82) is 0 Å². The fourth-order valence-corrected chi connectivity index (χ4v) is 3.30. The number of ether oxygens (including phenoxy) is 2. The van der Waals surface area contributed by atoms with Gasteiger partial charge < -0.3 is 20.1 Å². The lowest BCUT2D eigenvalue weighted by atomic mass is 10.1. The molecule has 1 fully saturated rings. The second-order valence-corrected chi connectivity index (χ2v) is 6.81. The number of nitrogens with zero attached hydrogens (tertiary/aromatic N) is 1. The molecule has 1 atom stereocenters. The number of hydrogen-bond donors (Lipinski definition) is 2. The first kappa shape index (κ1) is 18.2. The second-order valence-electron chi connectivity index (χ2n) is 5.83. The summed E-state index contributed by atoms with van der Waals surface area (Å²) in [6, 6.07) is 4.28. The van der Waals surface area contributed by atoms with Crippen LogP contribution in [-0.2, 0) is 9.47 Å². The summed E-state index contributed by atoms with van der Waals surface area (Å²) >= 11 is 1.80. The molecule has 5 nitrogen and oxygen atoms in total. The molecule has 6 heteroatoms. The third kappa shape index (κ3) is 6.89. The van der Waals surface area contributed by atoms with Crippen molar-refractivity contribution in [3.8, 4) is 0 Å². The Labute approximate surface area is 143 Å². The smallest absolute Gasteiger partial charge is 0.190 e. The van der Waals surface area contributed by atoms with E-state index in [9.17, 15) is 0 Å². The van der Waals surface area contributed by atoms with E-state index in [1.807, 2.05) is 7.05 Å². The standard InChI is InChI=1S/C17H29N3O2S/c1-14(16-5-3-12-23-16)13-20-17(18-2)19-8-4-9-22-15-6-10-21-11-7-15/h3,5,12,14-15H,4,6-11,13H2,1-2H3,(H2,18,19,20). The molecule has 0 bridgehead atoms. The van der Waals surface area contributed by atoms with Gasteiger partial charge in [-0.25, -0.2) is 0 Å². The molecule has 1 aromatic rings. The van der Waals surface area contributed by atoms with Crippen LogP contribution >= 0.6 is 11.3 Å². The van der Waals surface area contributed by atoms with Crippen LogP contribution in [0.4, 0.5) is 0 Å². The van der Waals surface area contributed by atoms with Crippen molar-refractivity contribution in [2.24, 2.45) is 4.99 Å². The number of aliphatic imine (C=N–C) groups is 1. The Bertz CT molecular complexity index is 445. The maximum atomic E-state index is 5.87. The third-order valence-electron chi connectivity index (χ3n) is 3.96. The van der Waals surface area contributed by atoms with Crippen molar-refractivity contribution in [2.75, 3.05) is 40.0 Å². The predicted octanol–water partition coefficient (Wildman–Crippen LogP) is 2.60. The van der Waals surface area contributed by atoms with Crippen LogP contribution in [0.1, 0.15) is 37.0 Å². The molecule has 1 aliphatic heterocycles. The summed E-state index contributed by atoms with van der Waals surface area (Å²) < 4.78 is 11.2. The number of thiophene rings is 1. The van der Waals surface area contributed by atoms with E-state index in [1.54, 1.807) is 11.3 Å². The molecule has 1 aliphatic rings. The molecule has 130 valence electrons. The van der Waals surface area contributed by atoms with Gasteiger partial charge in [0.05, 0.1) is 6.10 Å². The molecule has 23 heavy (non-hydrogen) atoms. The molecule has 2 heterocycles. The second kappa shape index (κ2) is 10.6. The van der Waals surface area contributed by atoms with Gasteiger partial charge in [-0.2, -0.15) is 0 Å². The molecule has 0 aliphatic carbocycles. The maximum Gasteiger partial charge on any atom is 0.190 e. The van der Waals surface area contributed by atoms with E-state index in [4.69, 9.17) is 9.47 Å². The minimum Gasteiger partial charge on any atom is -0.381 e. The highest BCUT2D eigenvalue weighted by Gasteiger charge is 2.13. The highest BCUT2D eigenvalue weighted by atomic mass is 32.1. The Kier molecular flexibility index (Phi) is 8.42. The first-order chi connectivity index (χ1) is 11.3. The normalized spacial score (nSPS) is 17.9. The van der Waals surface area contributed by atoms with Crippen LogP contribution in [-0.4, -0.2) is 52.0 Å². The topological polar surface area (TPSA) is 54.9 Å². The average Bonchev–Trinajstić information content (AvgIpc) is 3.12. The Hall–Kier alpha value is -1.11. The Balaban J connectivity index is 1.54. The fraction of sp³-hybridized carbons (Fsp3) is 0.706. The minimum atomic E-state index is 0.382. The lowest BCUT2D eigenvalue weighted by Crippen LogP contribution is -2.39. The van der Waals surface area contributed by atoms with E-state index < -0.39 is 0 Å². The zero-order valence-electron chi connectivity index (χ0n) is 14.2. The van der Waals surface area contributed by atoms with Crippen LogP contribution in [0.2, 0.25) is 0 Å². The molecule has 0 aromatic carbocycles. The number of hydrogen-bond acceptors (Lipinski definition) is 4. The van der Waals surface area contributed by atoms with E-state index in [0.29, 0.717) is 12.0 Å². The van der Waals surface area contributed by atoms with E-state index >= 15 is 0 Å². The summed E-state index contributed by atoms with van der Waals surface area (Å²) in [6.45, 7) is 6.45. The molecule has 0 amide bonds. The molecular formula is C17H29N3O2S. The fourth-order valence-electron chi connectivity index (χ4n) is 2.51. The molecule has 1 unspecified atom stereocenters. The van der Waals surface area contributed by atoms with Crippen molar-refractivity contribution < 1.29 is 9.47 Å². The SMILES string of the molecule is CN=C(NCCCOC1CCOCC1)NCC(C)c1cccs1. The van der Waals surface area contributed by atoms with Gasteiger partial charge in [0.25, 0.3) is 0 Å². The molecule has 0 spiro atoms. The van der Waals surface area contributed by atoms with Gasteiger partial charge in [-0.3, -0.25) is 4.99 Å². The van der Waals surface area contributed by atoms with Crippen LogP contribution in [0, 0.1) is 0 Å². The summed E-state index contributed by atoms with van der Waals surface area (Å²) in [4.78, 5) is 5.67. The predicted molar refractivity (Wildman–Crippen MR) is 96.5 cm³/mol. The zero-order valence-corrected chi connectivity index (χ0v) is 15.0. The summed E-state index contributed by atoms with van der Waals surface area (Å²) in [5.74, 6) is 1.35. The molecule has 0 saturated carbocycles. The quantitative estimate of drug-likeness (QED) is 0.434. The maximum absolute atomic E-state index is 5.87. The van der Waals surface area contributed by atoms with Gasteiger partial charge >= 0.3 is 0 Å². The van der Waals surface area contributed by atoms with Gasteiger partial charge in [0, 0.05) is 50.8 Å². The van der Waals surface area contributed by atoms with Gasteiger partial charge in [0.1, 0.15) is 0 Å². The van der Waals surface area contributed by atoms with E-state index in [2.05, 4.69) is 40.1 Å². The first-order valence-electron chi connectivity index (χ1n) is 8.47. The van der Waals surface area contributed by atoms with Crippen molar-refractivity contribution >= 4 is 17.3 Å².